The van der Waals surface area contributed by atoms with Crippen LogP contribution in [0.15, 0.2) is 42.5 Å². The molecule has 17 heavy (non-hydrogen) atoms. The molecular weight excluding hydrogens is 353 g/mol. The van der Waals surface area contributed by atoms with Gasteiger partial charge in [-0.1, -0.05) is 6.07 Å². The van der Waals surface area contributed by atoms with E-state index in [0.717, 1.165) is 9.32 Å². The normalized spacial score (nSPS) is 10.3. The number of ether oxygens (including phenoxy) is 1. The Hall–Kier alpha value is -0.810. The monoisotopic (exact) mass is 362 g/mol. The van der Waals surface area contributed by atoms with Crippen molar-refractivity contribution in [2.45, 2.75) is 5.88 Å². The molecule has 2 aromatic rings. The summed E-state index contributed by atoms with van der Waals surface area (Å²) < 4.78 is 19.8. The lowest BCUT2D eigenvalue weighted by Crippen LogP contribution is -1.91. The van der Waals surface area contributed by atoms with Gasteiger partial charge in [-0.25, -0.2) is 4.39 Å². The molecule has 0 aliphatic carbocycles. The maximum Gasteiger partial charge on any atom is 0.132 e. The number of hydrogen-bond donors (Lipinski definition) is 0. The van der Waals surface area contributed by atoms with Gasteiger partial charge in [0.05, 0.1) is 5.88 Å². The highest BCUT2D eigenvalue weighted by Crippen LogP contribution is 2.28. The molecule has 0 unspecified atom stereocenters. The molecule has 0 fully saturated rings. The van der Waals surface area contributed by atoms with Crippen LogP contribution in [-0.2, 0) is 5.88 Å². The summed E-state index contributed by atoms with van der Waals surface area (Å²) >= 11 is 7.96. The number of halogens is 3. The van der Waals surface area contributed by atoms with Crippen molar-refractivity contribution in [2.24, 2.45) is 0 Å². The molecule has 0 radical (unpaired) electrons. The van der Waals surface area contributed by atoms with Crippen LogP contribution < -0.4 is 4.74 Å². The van der Waals surface area contributed by atoms with Gasteiger partial charge in [-0.3, -0.25) is 0 Å². The van der Waals surface area contributed by atoms with E-state index in [1.165, 1.54) is 12.1 Å². The van der Waals surface area contributed by atoms with E-state index in [-0.39, 0.29) is 11.7 Å². The van der Waals surface area contributed by atoms with Gasteiger partial charge in [-0.15, -0.1) is 11.6 Å². The summed E-state index contributed by atoms with van der Waals surface area (Å²) in [6.45, 7) is 0. The first-order chi connectivity index (χ1) is 8.19. The molecular formula is C13H9ClFIO. The van der Waals surface area contributed by atoms with Crippen LogP contribution in [0.25, 0.3) is 0 Å². The molecule has 2 aromatic carbocycles. The lowest BCUT2D eigenvalue weighted by molar-refractivity contribution is 0.475. The van der Waals surface area contributed by atoms with Crippen LogP contribution in [0.4, 0.5) is 4.39 Å². The van der Waals surface area contributed by atoms with Crippen molar-refractivity contribution in [1.82, 2.24) is 0 Å². The van der Waals surface area contributed by atoms with E-state index in [2.05, 4.69) is 22.6 Å². The highest BCUT2D eigenvalue weighted by Gasteiger charge is 2.06. The van der Waals surface area contributed by atoms with Crippen molar-refractivity contribution in [3.05, 3.63) is 57.4 Å². The molecule has 0 saturated heterocycles. The van der Waals surface area contributed by atoms with E-state index in [0.29, 0.717) is 11.3 Å². The summed E-state index contributed by atoms with van der Waals surface area (Å²) in [5.41, 5.74) is 0.644. The fraction of sp³-hybridized carbons (Fsp3) is 0.0769. The van der Waals surface area contributed by atoms with Gasteiger partial charge in [-0.2, -0.15) is 0 Å². The average molecular weight is 363 g/mol. The van der Waals surface area contributed by atoms with Gasteiger partial charge in [0.15, 0.2) is 0 Å². The van der Waals surface area contributed by atoms with Gasteiger partial charge in [0, 0.05) is 9.13 Å². The molecule has 0 aromatic heterocycles. The van der Waals surface area contributed by atoms with Crippen LogP contribution in [0.3, 0.4) is 0 Å². The fourth-order valence-electron chi connectivity index (χ4n) is 1.41. The zero-order valence-electron chi connectivity index (χ0n) is 8.79. The molecule has 0 heterocycles. The van der Waals surface area contributed by atoms with Crippen LogP contribution in [0, 0.1) is 9.39 Å². The lowest BCUT2D eigenvalue weighted by Gasteiger charge is -2.09. The Balaban J connectivity index is 2.29. The SMILES string of the molecule is Fc1ccc(Oc2cccc(I)c2)c(CCl)c1. The highest BCUT2D eigenvalue weighted by molar-refractivity contribution is 14.1. The Morgan fingerprint density at radius 3 is 2.71 bits per heavy atom. The van der Waals surface area contributed by atoms with Crippen molar-refractivity contribution in [2.75, 3.05) is 0 Å². The third-order valence-corrected chi connectivity index (χ3v) is 3.15. The minimum absolute atomic E-state index is 0.219. The Morgan fingerprint density at radius 2 is 2.00 bits per heavy atom. The van der Waals surface area contributed by atoms with Crippen LogP contribution in [0.2, 0.25) is 0 Å². The predicted octanol–water partition coefficient (Wildman–Crippen LogP) is 4.96. The summed E-state index contributed by atoms with van der Waals surface area (Å²) in [7, 11) is 0. The molecule has 0 saturated carbocycles. The second-order valence-corrected chi connectivity index (χ2v) is 4.96. The van der Waals surface area contributed by atoms with Crippen molar-refractivity contribution < 1.29 is 9.13 Å². The number of alkyl halides is 1. The Morgan fingerprint density at radius 1 is 1.18 bits per heavy atom. The number of benzene rings is 2. The minimum atomic E-state index is -0.310. The van der Waals surface area contributed by atoms with E-state index in [1.54, 1.807) is 6.07 Å². The quantitative estimate of drug-likeness (QED) is 0.554. The van der Waals surface area contributed by atoms with Gasteiger partial charge < -0.3 is 4.74 Å². The molecule has 0 N–H and O–H groups in total. The molecule has 2 rings (SSSR count). The zero-order chi connectivity index (χ0) is 12.3. The van der Waals surface area contributed by atoms with Crippen LogP contribution >= 0.6 is 34.2 Å². The largest absolute Gasteiger partial charge is 0.457 e. The number of rotatable bonds is 3. The molecule has 0 aliphatic rings. The molecule has 0 spiro atoms. The summed E-state index contributed by atoms with van der Waals surface area (Å²) in [5.74, 6) is 1.21. The molecule has 0 amide bonds. The first-order valence-electron chi connectivity index (χ1n) is 4.97. The van der Waals surface area contributed by atoms with Crippen molar-refractivity contribution in [3.8, 4) is 11.5 Å². The van der Waals surface area contributed by atoms with E-state index in [4.69, 9.17) is 16.3 Å². The second-order valence-electron chi connectivity index (χ2n) is 3.45. The Kier molecular flexibility index (Phi) is 4.23. The van der Waals surface area contributed by atoms with Gasteiger partial charge in [-0.05, 0) is 59.0 Å². The summed E-state index contributed by atoms with van der Waals surface area (Å²) in [5, 5.41) is 0. The molecule has 88 valence electrons. The molecule has 0 atom stereocenters. The average Bonchev–Trinajstić information content (AvgIpc) is 2.31. The first-order valence-corrected chi connectivity index (χ1v) is 6.58. The van der Waals surface area contributed by atoms with Crippen LogP contribution in [0.1, 0.15) is 5.56 Å². The van der Waals surface area contributed by atoms with Gasteiger partial charge in [0.25, 0.3) is 0 Å². The lowest BCUT2D eigenvalue weighted by atomic mass is 10.2. The standard InChI is InChI=1S/C13H9ClFIO/c14-8-9-6-10(15)4-5-13(9)17-12-3-1-2-11(16)7-12/h1-7H,8H2. The Bertz CT molecular complexity index is 531. The highest BCUT2D eigenvalue weighted by atomic mass is 127. The molecule has 1 nitrogen and oxygen atoms in total. The molecule has 4 heteroatoms. The van der Waals surface area contributed by atoms with E-state index in [9.17, 15) is 4.39 Å². The maximum absolute atomic E-state index is 13.0. The van der Waals surface area contributed by atoms with Crippen molar-refractivity contribution in [1.29, 1.82) is 0 Å². The molecule has 0 bridgehead atoms. The molecule has 0 aliphatic heterocycles. The summed E-state index contributed by atoms with van der Waals surface area (Å²) in [6, 6.07) is 12.0. The van der Waals surface area contributed by atoms with Crippen molar-refractivity contribution in [3.63, 3.8) is 0 Å². The van der Waals surface area contributed by atoms with Gasteiger partial charge in [0.1, 0.15) is 17.3 Å². The van der Waals surface area contributed by atoms with Gasteiger partial charge >= 0.3 is 0 Å². The third kappa shape index (κ3) is 3.33. The van der Waals surface area contributed by atoms with E-state index >= 15 is 0 Å². The summed E-state index contributed by atoms with van der Waals surface area (Å²) in [6.07, 6.45) is 0. The second kappa shape index (κ2) is 5.69. The van der Waals surface area contributed by atoms with E-state index in [1.807, 2.05) is 24.3 Å². The topological polar surface area (TPSA) is 9.23 Å². The number of hydrogen-bond acceptors (Lipinski definition) is 1. The fourth-order valence-corrected chi connectivity index (χ4v) is 2.13. The third-order valence-electron chi connectivity index (χ3n) is 2.19. The Labute approximate surface area is 118 Å². The minimum Gasteiger partial charge on any atom is -0.457 e. The zero-order valence-corrected chi connectivity index (χ0v) is 11.7. The van der Waals surface area contributed by atoms with Crippen LogP contribution in [0.5, 0.6) is 11.5 Å². The maximum atomic E-state index is 13.0. The van der Waals surface area contributed by atoms with Gasteiger partial charge in [0.2, 0.25) is 0 Å². The smallest absolute Gasteiger partial charge is 0.132 e. The van der Waals surface area contributed by atoms with Crippen LogP contribution in [-0.4, -0.2) is 0 Å². The van der Waals surface area contributed by atoms with E-state index < -0.39 is 0 Å². The summed E-state index contributed by atoms with van der Waals surface area (Å²) in [4.78, 5) is 0. The van der Waals surface area contributed by atoms with Crippen molar-refractivity contribution >= 4 is 34.2 Å². The predicted molar refractivity (Wildman–Crippen MR) is 75.2 cm³/mol. The first kappa shape index (κ1) is 12.6.